The average Bonchev–Trinajstić information content (AvgIpc) is 3.04. The zero-order valence-electron chi connectivity index (χ0n) is 22.4. The molecule has 3 unspecified atom stereocenters. The van der Waals surface area contributed by atoms with Gasteiger partial charge in [0.2, 0.25) is 0 Å². The third-order valence-corrected chi connectivity index (χ3v) is 14.1. The van der Waals surface area contributed by atoms with Gasteiger partial charge in [-0.1, -0.05) is 68.2 Å². The van der Waals surface area contributed by atoms with Gasteiger partial charge in [0.15, 0.2) is 0 Å². The fourth-order valence-corrected chi connectivity index (χ4v) is 12.3. The largest absolute Gasteiger partial charge is 0.0651 e. The molecule has 0 aromatic heterocycles. The molecule has 0 aromatic carbocycles. The van der Waals surface area contributed by atoms with Crippen LogP contribution in [-0.2, 0) is 0 Å². The van der Waals surface area contributed by atoms with E-state index in [2.05, 4.69) is 55.4 Å². The summed E-state index contributed by atoms with van der Waals surface area (Å²) in [6, 6.07) is 0. The van der Waals surface area contributed by atoms with Crippen molar-refractivity contribution in [2.24, 2.45) is 62.6 Å². The zero-order chi connectivity index (χ0) is 22.4. The van der Waals surface area contributed by atoms with E-state index in [1.165, 1.54) is 70.6 Å². The lowest BCUT2D eigenvalue weighted by atomic mass is 9.32. The second-order valence-electron chi connectivity index (χ2n) is 15.2. The molecule has 10 atom stereocenters. The standard InChI is InChI=1S/C31H54/c1-9-21(2)22-13-18-28(5)23(22)14-19-30(7)25(28)11-12-26-29(6)17-10-16-27(3,4)24(29)15-20-31(26,30)8/h21-26H,9-20H2,1-8H3/t21-,22+,23+,24?,25?,26?,28+,29+,30-,31-/m1/s1. The molecule has 5 saturated carbocycles. The molecular formula is C31H54. The summed E-state index contributed by atoms with van der Waals surface area (Å²) in [7, 11) is 0. The molecule has 0 radical (unpaired) electrons. The Morgan fingerprint density at radius 2 is 1.26 bits per heavy atom. The summed E-state index contributed by atoms with van der Waals surface area (Å²) in [5.41, 5.74) is 2.91. The van der Waals surface area contributed by atoms with Gasteiger partial charge in [0.1, 0.15) is 0 Å². The van der Waals surface area contributed by atoms with E-state index < -0.39 is 0 Å². The van der Waals surface area contributed by atoms with Crippen molar-refractivity contribution in [1.29, 1.82) is 0 Å². The maximum Gasteiger partial charge on any atom is -0.0235 e. The SMILES string of the molecule is CC[C@@H](C)[C@@H]1CC[C@]2(C)C3CCC4[C@@]5(C)CCCC(C)(C)C5CC[C@@]4(C)[C@]3(C)CC[C@@H]12. The van der Waals surface area contributed by atoms with E-state index in [-0.39, 0.29) is 0 Å². The summed E-state index contributed by atoms with van der Waals surface area (Å²) in [6.07, 6.45) is 18.1. The van der Waals surface area contributed by atoms with Crippen LogP contribution < -0.4 is 0 Å². The van der Waals surface area contributed by atoms with Crippen LogP contribution in [0.1, 0.15) is 132 Å². The lowest BCUT2D eigenvalue weighted by Gasteiger charge is -2.73. The number of hydrogen-bond acceptors (Lipinski definition) is 0. The van der Waals surface area contributed by atoms with E-state index in [1.54, 1.807) is 6.42 Å². The molecule has 0 saturated heterocycles. The number of fused-ring (bicyclic) bond motifs is 7. The molecule has 0 heterocycles. The van der Waals surface area contributed by atoms with Crippen molar-refractivity contribution < 1.29 is 0 Å². The van der Waals surface area contributed by atoms with Gasteiger partial charge >= 0.3 is 0 Å². The first-order chi connectivity index (χ1) is 14.4. The predicted octanol–water partition coefficient (Wildman–Crippen LogP) is 9.52. The van der Waals surface area contributed by atoms with Crippen molar-refractivity contribution in [3.8, 4) is 0 Å². The third kappa shape index (κ3) is 2.78. The molecule has 5 aliphatic carbocycles. The maximum absolute atomic E-state index is 2.82. The molecule has 0 bridgehead atoms. The van der Waals surface area contributed by atoms with Gasteiger partial charge in [-0.3, -0.25) is 0 Å². The molecule has 5 aliphatic rings. The molecule has 0 aromatic rings. The van der Waals surface area contributed by atoms with Gasteiger partial charge in [0.25, 0.3) is 0 Å². The maximum atomic E-state index is 2.82. The monoisotopic (exact) mass is 426 g/mol. The molecule has 0 nitrogen and oxygen atoms in total. The highest BCUT2D eigenvalue weighted by atomic mass is 14.7. The van der Waals surface area contributed by atoms with Crippen molar-refractivity contribution in [2.75, 3.05) is 0 Å². The van der Waals surface area contributed by atoms with E-state index >= 15 is 0 Å². The highest BCUT2D eigenvalue weighted by Gasteiger charge is 2.70. The molecule has 0 spiro atoms. The Morgan fingerprint density at radius 1 is 0.645 bits per heavy atom. The van der Waals surface area contributed by atoms with Gasteiger partial charge in [-0.2, -0.15) is 0 Å². The van der Waals surface area contributed by atoms with E-state index in [9.17, 15) is 0 Å². The van der Waals surface area contributed by atoms with Gasteiger partial charge < -0.3 is 0 Å². The Kier molecular flexibility index (Phi) is 5.15. The van der Waals surface area contributed by atoms with Crippen LogP contribution in [0.15, 0.2) is 0 Å². The van der Waals surface area contributed by atoms with E-state index in [4.69, 9.17) is 0 Å². The van der Waals surface area contributed by atoms with E-state index in [0.717, 1.165) is 35.5 Å². The molecule has 0 N–H and O–H groups in total. The van der Waals surface area contributed by atoms with Crippen molar-refractivity contribution in [3.63, 3.8) is 0 Å². The quantitative estimate of drug-likeness (QED) is 0.412. The minimum absolute atomic E-state index is 0.560. The van der Waals surface area contributed by atoms with Crippen LogP contribution in [0.5, 0.6) is 0 Å². The average molecular weight is 427 g/mol. The van der Waals surface area contributed by atoms with Crippen molar-refractivity contribution in [2.45, 2.75) is 132 Å². The van der Waals surface area contributed by atoms with Crippen LogP contribution >= 0.6 is 0 Å². The van der Waals surface area contributed by atoms with Gasteiger partial charge in [0.05, 0.1) is 0 Å². The smallest absolute Gasteiger partial charge is 0.0235 e. The van der Waals surface area contributed by atoms with E-state index in [0.29, 0.717) is 27.1 Å². The highest BCUT2D eigenvalue weighted by molar-refractivity contribution is 5.19. The Morgan fingerprint density at radius 3 is 1.90 bits per heavy atom. The zero-order valence-corrected chi connectivity index (χ0v) is 22.4. The second kappa shape index (κ2) is 7.01. The van der Waals surface area contributed by atoms with Gasteiger partial charge in [-0.05, 0) is 127 Å². The Bertz CT molecular complexity index is 705. The molecule has 5 fully saturated rings. The molecule has 178 valence electrons. The topological polar surface area (TPSA) is 0 Å². The fourth-order valence-electron chi connectivity index (χ4n) is 12.3. The highest BCUT2D eigenvalue weighted by Crippen LogP contribution is 2.78. The number of rotatable bonds is 2. The van der Waals surface area contributed by atoms with Gasteiger partial charge in [0, 0.05) is 0 Å². The van der Waals surface area contributed by atoms with Crippen LogP contribution in [0.4, 0.5) is 0 Å². The molecule has 0 heteroatoms. The van der Waals surface area contributed by atoms with Crippen LogP contribution in [-0.4, -0.2) is 0 Å². The van der Waals surface area contributed by atoms with Crippen molar-refractivity contribution >= 4 is 0 Å². The predicted molar refractivity (Wildman–Crippen MR) is 134 cm³/mol. The van der Waals surface area contributed by atoms with Crippen molar-refractivity contribution in [1.82, 2.24) is 0 Å². The first-order valence-electron chi connectivity index (χ1n) is 14.4. The summed E-state index contributed by atoms with van der Waals surface area (Å²) >= 11 is 0. The van der Waals surface area contributed by atoms with Crippen LogP contribution in [0.2, 0.25) is 0 Å². The fraction of sp³-hybridized carbons (Fsp3) is 1.00. The number of hydrogen-bond donors (Lipinski definition) is 0. The second-order valence-corrected chi connectivity index (χ2v) is 15.2. The van der Waals surface area contributed by atoms with Crippen LogP contribution in [0, 0.1) is 62.6 Å². The van der Waals surface area contributed by atoms with Gasteiger partial charge in [-0.15, -0.1) is 0 Å². The molecular weight excluding hydrogens is 372 g/mol. The molecule has 0 aliphatic heterocycles. The Hall–Kier alpha value is 0. The first kappa shape index (κ1) is 22.8. The Labute approximate surface area is 195 Å². The minimum atomic E-state index is 0.560. The minimum Gasteiger partial charge on any atom is -0.0651 e. The van der Waals surface area contributed by atoms with Gasteiger partial charge in [-0.25, -0.2) is 0 Å². The molecule has 31 heavy (non-hydrogen) atoms. The first-order valence-corrected chi connectivity index (χ1v) is 14.4. The molecule has 0 amide bonds. The van der Waals surface area contributed by atoms with E-state index in [1.807, 2.05) is 0 Å². The summed E-state index contributed by atoms with van der Waals surface area (Å²) in [5.74, 6) is 5.86. The summed E-state index contributed by atoms with van der Waals surface area (Å²) in [6.45, 7) is 21.4. The van der Waals surface area contributed by atoms with Crippen LogP contribution in [0.3, 0.4) is 0 Å². The Balaban J connectivity index is 1.50. The van der Waals surface area contributed by atoms with Crippen molar-refractivity contribution in [3.05, 3.63) is 0 Å². The summed E-state index contributed by atoms with van der Waals surface area (Å²) in [5, 5.41) is 0. The lowest BCUT2D eigenvalue weighted by molar-refractivity contribution is -0.241. The lowest BCUT2D eigenvalue weighted by Crippen LogP contribution is -2.65. The summed E-state index contributed by atoms with van der Waals surface area (Å²) < 4.78 is 0. The summed E-state index contributed by atoms with van der Waals surface area (Å²) in [4.78, 5) is 0. The molecule has 5 rings (SSSR count). The van der Waals surface area contributed by atoms with Crippen LogP contribution in [0.25, 0.3) is 0 Å². The normalized spacial score (nSPS) is 56.7. The third-order valence-electron chi connectivity index (χ3n) is 14.1.